The van der Waals surface area contributed by atoms with Crippen LogP contribution in [0.2, 0.25) is 0 Å². The second-order valence-electron chi connectivity index (χ2n) is 8.53. The second kappa shape index (κ2) is 7.45. The van der Waals surface area contributed by atoms with Crippen LogP contribution in [-0.4, -0.2) is 9.97 Å². The van der Waals surface area contributed by atoms with Crippen LogP contribution in [0.4, 0.5) is 0 Å². The molecule has 0 amide bonds. The standard InChI is InChI=1S/C30H10N6S/c1-33-19(13-31)21-17-9-7-15-5-3-11-35-27(15)23(17)25-26-24-18(10-8-16-6-4-12-36-28(16)24)22(20(14-32)34-2)30(26)37-29(21)25/h3-12H/b21-19-,22-20+. The van der Waals surface area contributed by atoms with E-state index < -0.39 is 0 Å². The number of fused-ring (bicyclic) bond motifs is 11. The third-order valence-electron chi connectivity index (χ3n) is 6.86. The van der Waals surface area contributed by atoms with Gasteiger partial charge in [-0.05, 0) is 23.3 Å². The van der Waals surface area contributed by atoms with E-state index in [9.17, 15) is 10.5 Å². The molecule has 0 bridgehead atoms. The Bertz CT molecular complexity index is 1950. The van der Waals surface area contributed by atoms with Crippen molar-refractivity contribution in [3.63, 3.8) is 0 Å². The number of hydrogen-bond acceptors (Lipinski definition) is 5. The summed E-state index contributed by atoms with van der Waals surface area (Å²) in [6.45, 7) is 15.4. The Morgan fingerprint density at radius 3 is 1.54 bits per heavy atom. The summed E-state index contributed by atoms with van der Waals surface area (Å²) < 4.78 is 0. The predicted octanol–water partition coefficient (Wildman–Crippen LogP) is 7.21. The molecule has 0 atom stereocenters. The van der Waals surface area contributed by atoms with Crippen LogP contribution in [0.1, 0.15) is 20.9 Å². The largest absolute Gasteiger partial charge is 0.271 e. The van der Waals surface area contributed by atoms with Gasteiger partial charge in [-0.15, -0.1) is 11.3 Å². The van der Waals surface area contributed by atoms with Gasteiger partial charge in [0.05, 0.1) is 36.3 Å². The van der Waals surface area contributed by atoms with Gasteiger partial charge in [-0.3, -0.25) is 9.97 Å². The van der Waals surface area contributed by atoms with Crippen LogP contribution in [0.3, 0.4) is 0 Å². The fourth-order valence-electron chi connectivity index (χ4n) is 5.46. The highest BCUT2D eigenvalue weighted by atomic mass is 32.1. The van der Waals surface area contributed by atoms with Crippen molar-refractivity contribution in [1.29, 1.82) is 10.5 Å². The molecule has 0 saturated carbocycles. The number of hydrogen-bond donors (Lipinski definition) is 0. The number of aromatic nitrogens is 2. The van der Waals surface area contributed by atoms with Crippen LogP contribution in [0.25, 0.3) is 64.9 Å². The monoisotopic (exact) mass is 486 g/mol. The first kappa shape index (κ1) is 20.7. The normalized spacial score (nSPS) is 15.0. The third kappa shape index (κ3) is 2.53. The Labute approximate surface area is 215 Å². The van der Waals surface area contributed by atoms with E-state index in [4.69, 9.17) is 23.1 Å². The van der Waals surface area contributed by atoms with Crippen molar-refractivity contribution < 1.29 is 0 Å². The summed E-state index contributed by atoms with van der Waals surface area (Å²) in [4.78, 5) is 18.1. The second-order valence-corrected chi connectivity index (χ2v) is 9.55. The Morgan fingerprint density at radius 2 is 1.14 bits per heavy atom. The van der Waals surface area contributed by atoms with Crippen LogP contribution in [-0.2, 0) is 0 Å². The Balaban J connectivity index is 1.76. The number of benzene rings is 2. The quantitative estimate of drug-likeness (QED) is 0.168. The molecule has 37 heavy (non-hydrogen) atoms. The maximum atomic E-state index is 9.88. The third-order valence-corrected chi connectivity index (χ3v) is 8.08. The molecule has 7 rings (SSSR count). The van der Waals surface area contributed by atoms with Crippen molar-refractivity contribution >= 4 is 44.3 Å². The van der Waals surface area contributed by atoms with Crippen molar-refractivity contribution in [1.82, 2.24) is 9.97 Å². The predicted molar refractivity (Wildman–Crippen MR) is 142 cm³/mol. The minimum Gasteiger partial charge on any atom is -0.256 e. The molecule has 3 aromatic heterocycles. The van der Waals surface area contributed by atoms with Crippen LogP contribution in [0.5, 0.6) is 0 Å². The summed E-state index contributed by atoms with van der Waals surface area (Å²) in [6.07, 6.45) is 3.47. The first-order valence-corrected chi connectivity index (χ1v) is 12.0. The lowest BCUT2D eigenvalue weighted by molar-refractivity contribution is 1.41. The van der Waals surface area contributed by atoms with E-state index in [2.05, 4.69) is 21.8 Å². The number of allylic oxidation sites excluding steroid dienone is 2. The molecule has 0 saturated heterocycles. The Morgan fingerprint density at radius 1 is 0.676 bits per heavy atom. The number of rotatable bonds is 0. The van der Waals surface area contributed by atoms with Gasteiger partial charge in [0.15, 0.2) is 0 Å². The van der Waals surface area contributed by atoms with E-state index in [-0.39, 0.29) is 11.4 Å². The van der Waals surface area contributed by atoms with Crippen LogP contribution < -0.4 is 0 Å². The lowest BCUT2D eigenvalue weighted by Gasteiger charge is -2.10. The minimum atomic E-state index is 0.00249. The fraction of sp³-hybridized carbons (Fsp3) is 0. The van der Waals surface area contributed by atoms with E-state index in [0.717, 1.165) is 64.9 Å². The van der Waals surface area contributed by atoms with Gasteiger partial charge in [0.1, 0.15) is 0 Å². The number of pyridine rings is 2. The van der Waals surface area contributed by atoms with E-state index in [1.807, 2.05) is 48.5 Å². The van der Waals surface area contributed by atoms with E-state index in [1.54, 1.807) is 12.4 Å². The van der Waals surface area contributed by atoms with E-state index >= 15 is 0 Å². The van der Waals surface area contributed by atoms with Crippen molar-refractivity contribution in [2.45, 2.75) is 0 Å². The average molecular weight is 487 g/mol. The molecule has 0 fully saturated rings. The van der Waals surface area contributed by atoms with Gasteiger partial charge in [0.25, 0.3) is 11.4 Å². The molecule has 6 nitrogen and oxygen atoms in total. The molecule has 0 N–H and O–H groups in total. The molecule has 0 aliphatic heterocycles. The summed E-state index contributed by atoms with van der Waals surface area (Å²) >= 11 is 1.42. The van der Waals surface area contributed by atoms with Crippen molar-refractivity contribution in [2.24, 2.45) is 0 Å². The summed E-state index contributed by atoms with van der Waals surface area (Å²) in [7, 11) is 0. The highest BCUT2D eigenvalue weighted by Gasteiger charge is 2.40. The summed E-state index contributed by atoms with van der Waals surface area (Å²) in [5.74, 6) is 0. The smallest absolute Gasteiger partial charge is 0.256 e. The molecule has 0 radical (unpaired) electrons. The minimum absolute atomic E-state index is 0.00249. The van der Waals surface area contributed by atoms with Crippen LogP contribution >= 0.6 is 11.3 Å². The molecule has 5 aromatic rings. The summed E-state index contributed by atoms with van der Waals surface area (Å²) in [5.41, 5.74) is 7.76. The van der Waals surface area contributed by atoms with Gasteiger partial charge in [-0.2, -0.15) is 0 Å². The van der Waals surface area contributed by atoms with Crippen LogP contribution in [0.15, 0.2) is 72.3 Å². The lowest BCUT2D eigenvalue weighted by Crippen LogP contribution is -1.89. The summed E-state index contributed by atoms with van der Waals surface area (Å²) in [6, 6.07) is 19.7. The topological polar surface area (TPSA) is 82.1 Å². The fourth-order valence-corrected chi connectivity index (χ4v) is 6.90. The highest BCUT2D eigenvalue weighted by Crippen LogP contribution is 2.63. The first-order chi connectivity index (χ1) is 18.2. The number of nitrogens with zero attached hydrogens (tertiary/aromatic N) is 6. The van der Waals surface area contributed by atoms with Crippen molar-refractivity contribution in [3.05, 3.63) is 116 Å². The van der Waals surface area contributed by atoms with E-state index in [0.29, 0.717) is 11.1 Å². The molecular weight excluding hydrogens is 476 g/mol. The van der Waals surface area contributed by atoms with Crippen molar-refractivity contribution in [3.8, 4) is 34.4 Å². The first-order valence-electron chi connectivity index (χ1n) is 11.2. The van der Waals surface area contributed by atoms with Gasteiger partial charge in [0.2, 0.25) is 0 Å². The zero-order chi connectivity index (χ0) is 25.3. The molecule has 2 aliphatic carbocycles. The van der Waals surface area contributed by atoms with E-state index in [1.165, 1.54) is 11.3 Å². The SMILES string of the molecule is [C-]#[N+]/C(C#N)=C1/c2ccc3cccnc3c2-c2c1sc1c2-c2c(ccc3cccnc23)/C1=C(/C#N)[N+]#[C-]. The molecule has 0 unspecified atom stereocenters. The zero-order valence-electron chi connectivity index (χ0n) is 18.9. The number of nitriles is 2. The highest BCUT2D eigenvalue weighted by molar-refractivity contribution is 7.16. The molecule has 2 aliphatic rings. The molecule has 2 aromatic carbocycles. The van der Waals surface area contributed by atoms with Crippen molar-refractivity contribution in [2.75, 3.05) is 0 Å². The van der Waals surface area contributed by atoms with Crippen LogP contribution in [0, 0.1) is 35.8 Å². The molecule has 166 valence electrons. The van der Waals surface area contributed by atoms with Gasteiger partial charge in [-0.25, -0.2) is 20.2 Å². The Kier molecular flexibility index (Phi) is 4.18. The maximum Gasteiger partial charge on any atom is 0.271 e. The van der Waals surface area contributed by atoms with Gasteiger partial charge in [0, 0.05) is 66.3 Å². The molecular formula is C30H10N6S. The lowest BCUT2D eigenvalue weighted by atomic mass is 9.95. The summed E-state index contributed by atoms with van der Waals surface area (Å²) in [5, 5.41) is 21.6. The molecule has 3 heterocycles. The molecule has 7 heteroatoms. The zero-order valence-corrected chi connectivity index (χ0v) is 19.7. The Hall–Kier alpha value is -5.60. The molecule has 0 spiro atoms. The van der Waals surface area contributed by atoms with Gasteiger partial charge < -0.3 is 0 Å². The van der Waals surface area contributed by atoms with Gasteiger partial charge in [-0.1, -0.05) is 36.4 Å². The average Bonchev–Trinajstić information content (AvgIpc) is 3.57. The van der Waals surface area contributed by atoms with Gasteiger partial charge >= 0.3 is 0 Å². The number of thiophene rings is 1. The maximum absolute atomic E-state index is 9.88.